The van der Waals surface area contributed by atoms with Crippen LogP contribution in [-0.4, -0.2) is 27.9 Å². The van der Waals surface area contributed by atoms with Gasteiger partial charge >= 0.3 is 5.97 Å². The van der Waals surface area contributed by atoms with E-state index < -0.39 is 23.8 Å². The zero-order chi connectivity index (χ0) is 19.2. The first-order valence-electron chi connectivity index (χ1n) is 8.44. The van der Waals surface area contributed by atoms with Crippen LogP contribution in [0.15, 0.2) is 60.9 Å². The standard InChI is InChI=1S/C20H18FN3O3/c1-2-17(19(25)24-16-6-4-3-5-15(16)21)27-20(26)14-9-7-13(8-10-14)18-22-11-12-23-18/h3-12,17H,2H2,1H3,(H,22,23)(H,24,25). The van der Waals surface area contributed by atoms with Crippen LogP contribution in [0.1, 0.15) is 23.7 Å². The molecule has 0 spiro atoms. The SMILES string of the molecule is CCC(OC(=O)c1ccc(-c2ncc[nH]2)cc1)C(=O)Nc1ccccc1F. The molecule has 0 radical (unpaired) electrons. The number of anilines is 1. The van der Waals surface area contributed by atoms with Crippen LogP contribution < -0.4 is 5.32 Å². The number of hydrogen-bond donors (Lipinski definition) is 2. The highest BCUT2D eigenvalue weighted by Gasteiger charge is 2.23. The van der Waals surface area contributed by atoms with Gasteiger partial charge in [-0.3, -0.25) is 4.79 Å². The molecular weight excluding hydrogens is 349 g/mol. The summed E-state index contributed by atoms with van der Waals surface area (Å²) in [7, 11) is 0. The highest BCUT2D eigenvalue weighted by Crippen LogP contribution is 2.17. The van der Waals surface area contributed by atoms with Gasteiger partial charge in [-0.2, -0.15) is 0 Å². The smallest absolute Gasteiger partial charge is 0.338 e. The van der Waals surface area contributed by atoms with Crippen molar-refractivity contribution in [3.8, 4) is 11.4 Å². The third-order valence-corrected chi connectivity index (χ3v) is 3.94. The van der Waals surface area contributed by atoms with Gasteiger partial charge in [-0.25, -0.2) is 14.2 Å². The fraction of sp³-hybridized carbons (Fsp3) is 0.150. The number of para-hydroxylation sites is 1. The molecule has 1 atom stereocenters. The summed E-state index contributed by atoms with van der Waals surface area (Å²) in [5, 5.41) is 2.44. The van der Waals surface area contributed by atoms with E-state index in [1.165, 1.54) is 18.2 Å². The topological polar surface area (TPSA) is 84.1 Å². The van der Waals surface area contributed by atoms with Crippen molar-refractivity contribution in [2.24, 2.45) is 0 Å². The van der Waals surface area contributed by atoms with Gasteiger partial charge < -0.3 is 15.0 Å². The number of aromatic nitrogens is 2. The molecule has 2 N–H and O–H groups in total. The van der Waals surface area contributed by atoms with Crippen molar-refractivity contribution in [1.82, 2.24) is 9.97 Å². The third kappa shape index (κ3) is 4.38. The van der Waals surface area contributed by atoms with E-state index >= 15 is 0 Å². The van der Waals surface area contributed by atoms with E-state index in [1.807, 2.05) is 0 Å². The lowest BCUT2D eigenvalue weighted by Gasteiger charge is -2.16. The monoisotopic (exact) mass is 367 g/mol. The molecule has 27 heavy (non-hydrogen) atoms. The van der Waals surface area contributed by atoms with E-state index in [0.29, 0.717) is 11.4 Å². The number of halogens is 1. The molecule has 0 aliphatic heterocycles. The first kappa shape index (κ1) is 18.3. The minimum absolute atomic E-state index is 0.0415. The minimum atomic E-state index is -1.03. The number of amides is 1. The average molecular weight is 367 g/mol. The zero-order valence-electron chi connectivity index (χ0n) is 14.6. The first-order chi connectivity index (χ1) is 13.1. The fourth-order valence-electron chi connectivity index (χ4n) is 2.48. The Labute approximate surface area is 155 Å². The molecule has 0 saturated carbocycles. The molecule has 3 rings (SSSR count). The molecule has 7 heteroatoms. The molecule has 0 saturated heterocycles. The van der Waals surface area contributed by atoms with Gasteiger partial charge in [-0.05, 0) is 30.7 Å². The van der Waals surface area contributed by atoms with E-state index in [2.05, 4.69) is 15.3 Å². The Morgan fingerprint density at radius 2 is 1.93 bits per heavy atom. The van der Waals surface area contributed by atoms with E-state index in [9.17, 15) is 14.0 Å². The number of aromatic amines is 1. The summed E-state index contributed by atoms with van der Waals surface area (Å²) in [5.41, 5.74) is 1.17. The lowest BCUT2D eigenvalue weighted by molar-refractivity contribution is -0.124. The summed E-state index contributed by atoms with van der Waals surface area (Å²) in [6, 6.07) is 12.5. The molecule has 3 aromatic rings. The van der Waals surface area contributed by atoms with Gasteiger partial charge in [0.2, 0.25) is 0 Å². The van der Waals surface area contributed by atoms with Crippen molar-refractivity contribution in [2.75, 3.05) is 5.32 Å². The second-order valence-electron chi connectivity index (χ2n) is 5.79. The fourth-order valence-corrected chi connectivity index (χ4v) is 2.48. The van der Waals surface area contributed by atoms with Gasteiger partial charge in [-0.15, -0.1) is 0 Å². The van der Waals surface area contributed by atoms with Crippen molar-refractivity contribution in [2.45, 2.75) is 19.4 Å². The molecule has 1 aromatic heterocycles. The van der Waals surface area contributed by atoms with Crippen LogP contribution in [0, 0.1) is 5.82 Å². The maximum Gasteiger partial charge on any atom is 0.338 e. The number of benzene rings is 2. The lowest BCUT2D eigenvalue weighted by atomic mass is 10.1. The van der Waals surface area contributed by atoms with Crippen LogP contribution in [0.4, 0.5) is 10.1 Å². The van der Waals surface area contributed by atoms with Crippen LogP contribution in [0.2, 0.25) is 0 Å². The highest BCUT2D eigenvalue weighted by molar-refractivity contribution is 5.97. The Morgan fingerprint density at radius 3 is 2.56 bits per heavy atom. The van der Waals surface area contributed by atoms with E-state index in [0.717, 1.165) is 5.56 Å². The largest absolute Gasteiger partial charge is 0.449 e. The van der Waals surface area contributed by atoms with Crippen molar-refractivity contribution >= 4 is 17.6 Å². The number of carbonyl (C=O) groups excluding carboxylic acids is 2. The van der Waals surface area contributed by atoms with Gasteiger partial charge in [0.1, 0.15) is 11.6 Å². The van der Waals surface area contributed by atoms with Crippen LogP contribution >= 0.6 is 0 Å². The molecule has 1 unspecified atom stereocenters. The van der Waals surface area contributed by atoms with Crippen molar-refractivity contribution < 1.29 is 18.7 Å². The molecule has 1 amide bonds. The second kappa shape index (κ2) is 8.27. The predicted molar refractivity (Wildman–Crippen MR) is 98.5 cm³/mol. The maximum absolute atomic E-state index is 13.7. The Hall–Kier alpha value is -3.48. The van der Waals surface area contributed by atoms with Crippen LogP contribution in [0.3, 0.4) is 0 Å². The van der Waals surface area contributed by atoms with Crippen LogP contribution in [0.25, 0.3) is 11.4 Å². The van der Waals surface area contributed by atoms with Gasteiger partial charge in [0, 0.05) is 18.0 Å². The summed E-state index contributed by atoms with van der Waals surface area (Å²) in [6.45, 7) is 1.71. The van der Waals surface area contributed by atoms with Gasteiger partial charge in [0.15, 0.2) is 6.10 Å². The van der Waals surface area contributed by atoms with E-state index in [1.54, 1.807) is 49.6 Å². The number of ether oxygens (including phenoxy) is 1. The average Bonchev–Trinajstić information content (AvgIpc) is 3.22. The molecule has 6 nitrogen and oxygen atoms in total. The van der Waals surface area contributed by atoms with Crippen molar-refractivity contribution in [3.05, 3.63) is 72.3 Å². The molecule has 2 aromatic carbocycles. The van der Waals surface area contributed by atoms with E-state index in [-0.39, 0.29) is 12.1 Å². The zero-order valence-corrected chi connectivity index (χ0v) is 14.6. The second-order valence-corrected chi connectivity index (χ2v) is 5.79. The van der Waals surface area contributed by atoms with Crippen LogP contribution in [0.5, 0.6) is 0 Å². The maximum atomic E-state index is 13.7. The lowest BCUT2D eigenvalue weighted by Crippen LogP contribution is -2.32. The van der Waals surface area contributed by atoms with Gasteiger partial charge in [0.05, 0.1) is 11.3 Å². The molecular formula is C20H18FN3O3. The highest BCUT2D eigenvalue weighted by atomic mass is 19.1. The summed E-state index contributed by atoms with van der Waals surface area (Å²) >= 11 is 0. The number of hydrogen-bond acceptors (Lipinski definition) is 4. The number of nitrogens with one attached hydrogen (secondary N) is 2. The first-order valence-corrected chi connectivity index (χ1v) is 8.44. The summed E-state index contributed by atoms with van der Waals surface area (Å²) < 4.78 is 19.0. The molecule has 0 aliphatic carbocycles. The van der Waals surface area contributed by atoms with Crippen molar-refractivity contribution in [3.63, 3.8) is 0 Å². The number of rotatable bonds is 6. The Bertz CT molecular complexity index is 924. The Morgan fingerprint density at radius 1 is 1.19 bits per heavy atom. The molecule has 1 heterocycles. The van der Waals surface area contributed by atoms with Gasteiger partial charge in [0.25, 0.3) is 5.91 Å². The molecule has 0 aliphatic rings. The number of carbonyl (C=O) groups is 2. The van der Waals surface area contributed by atoms with Gasteiger partial charge in [-0.1, -0.05) is 31.2 Å². The summed E-state index contributed by atoms with van der Waals surface area (Å²) in [6.07, 6.45) is 2.58. The van der Waals surface area contributed by atoms with E-state index in [4.69, 9.17) is 4.74 Å². The Balaban J connectivity index is 1.66. The molecule has 138 valence electrons. The third-order valence-electron chi connectivity index (χ3n) is 3.94. The minimum Gasteiger partial charge on any atom is -0.449 e. The molecule has 0 bridgehead atoms. The normalized spacial score (nSPS) is 11.6. The van der Waals surface area contributed by atoms with Crippen LogP contribution in [-0.2, 0) is 9.53 Å². The van der Waals surface area contributed by atoms with Crippen molar-refractivity contribution in [1.29, 1.82) is 0 Å². The number of imidazole rings is 1. The summed E-state index contributed by atoms with van der Waals surface area (Å²) in [4.78, 5) is 31.8. The predicted octanol–water partition coefficient (Wildman–Crippen LogP) is 3.79. The number of H-pyrrole nitrogens is 1. The number of esters is 1. The summed E-state index contributed by atoms with van der Waals surface area (Å²) in [5.74, 6) is -1.08. The molecule has 0 fully saturated rings. The quantitative estimate of drug-likeness (QED) is 0.649. The number of nitrogens with zero attached hydrogens (tertiary/aromatic N) is 1. The Kier molecular flexibility index (Phi) is 5.61.